The van der Waals surface area contributed by atoms with Gasteiger partial charge in [0.2, 0.25) is 0 Å². The van der Waals surface area contributed by atoms with Gasteiger partial charge in [-0.05, 0) is 61.6 Å². The maximum absolute atomic E-state index is 13.0. The van der Waals surface area contributed by atoms with Crippen molar-refractivity contribution >= 4 is 11.6 Å². The predicted molar refractivity (Wildman–Crippen MR) is 67.8 cm³/mol. The highest BCUT2D eigenvalue weighted by molar-refractivity contribution is 6.31. The van der Waals surface area contributed by atoms with Crippen LogP contribution in [0, 0.1) is 11.7 Å². The summed E-state index contributed by atoms with van der Waals surface area (Å²) in [6.07, 6.45) is 5.37. The smallest absolute Gasteiger partial charge is 0.124 e. The summed E-state index contributed by atoms with van der Waals surface area (Å²) in [6, 6.07) is 4.70. The lowest BCUT2D eigenvalue weighted by atomic mass is 9.77. The maximum atomic E-state index is 13.0. The molecule has 94 valence electrons. The van der Waals surface area contributed by atoms with Crippen LogP contribution in [-0.2, 0) is 0 Å². The van der Waals surface area contributed by atoms with Crippen molar-refractivity contribution in [1.29, 1.82) is 0 Å². The molecule has 3 heteroatoms. The number of halogens is 2. The number of benzene rings is 1. The fourth-order valence-electron chi connectivity index (χ4n) is 2.78. The molecule has 2 rings (SSSR count). The summed E-state index contributed by atoms with van der Waals surface area (Å²) in [4.78, 5) is 0. The lowest BCUT2D eigenvalue weighted by Gasteiger charge is -2.28. The first-order valence-corrected chi connectivity index (χ1v) is 6.64. The minimum Gasteiger partial charge on any atom is -0.396 e. The normalized spacial score (nSPS) is 24.9. The quantitative estimate of drug-likeness (QED) is 0.862. The monoisotopic (exact) mass is 256 g/mol. The Balaban J connectivity index is 2.00. The average molecular weight is 257 g/mol. The molecule has 0 spiro atoms. The molecule has 1 aliphatic rings. The van der Waals surface area contributed by atoms with Gasteiger partial charge in [-0.3, -0.25) is 0 Å². The van der Waals surface area contributed by atoms with E-state index in [9.17, 15) is 4.39 Å². The van der Waals surface area contributed by atoms with Crippen LogP contribution in [0.3, 0.4) is 0 Å². The molecule has 0 aliphatic heterocycles. The van der Waals surface area contributed by atoms with Crippen LogP contribution < -0.4 is 0 Å². The third kappa shape index (κ3) is 3.20. The second-order valence-corrected chi connectivity index (χ2v) is 5.30. The fourth-order valence-corrected chi connectivity index (χ4v) is 3.10. The van der Waals surface area contributed by atoms with Gasteiger partial charge in [-0.25, -0.2) is 4.39 Å². The molecule has 0 heterocycles. The molecule has 1 aromatic carbocycles. The van der Waals surface area contributed by atoms with E-state index in [1.807, 2.05) is 6.07 Å². The highest BCUT2D eigenvalue weighted by Crippen LogP contribution is 2.39. The van der Waals surface area contributed by atoms with Crippen LogP contribution in [-0.4, -0.2) is 11.7 Å². The average Bonchev–Trinajstić information content (AvgIpc) is 2.31. The summed E-state index contributed by atoms with van der Waals surface area (Å²) in [6.45, 7) is 0.284. The third-order valence-corrected chi connectivity index (χ3v) is 4.11. The first kappa shape index (κ1) is 12.8. The largest absolute Gasteiger partial charge is 0.396 e. The summed E-state index contributed by atoms with van der Waals surface area (Å²) in [5, 5.41) is 9.46. The first-order valence-electron chi connectivity index (χ1n) is 6.26. The molecule has 1 aromatic rings. The van der Waals surface area contributed by atoms with Gasteiger partial charge in [0.15, 0.2) is 0 Å². The molecular weight excluding hydrogens is 239 g/mol. The van der Waals surface area contributed by atoms with Crippen LogP contribution in [0.5, 0.6) is 0 Å². The molecule has 1 aliphatic carbocycles. The number of aliphatic hydroxyl groups is 1. The standard InChI is InChI=1S/C14H18ClFO/c15-14-9-12(16)5-6-13(14)11-3-1-10(2-4-11)7-8-17/h5-6,9-11,17H,1-4,7-8H2/t10-,11-. The van der Waals surface area contributed by atoms with Crippen LogP contribution in [0.25, 0.3) is 0 Å². The molecule has 0 aromatic heterocycles. The van der Waals surface area contributed by atoms with Crippen LogP contribution >= 0.6 is 11.6 Å². The topological polar surface area (TPSA) is 20.2 Å². The molecule has 1 N–H and O–H groups in total. The summed E-state index contributed by atoms with van der Waals surface area (Å²) in [7, 11) is 0. The predicted octanol–water partition coefficient (Wildman–Crippen LogP) is 4.14. The van der Waals surface area contributed by atoms with Crippen molar-refractivity contribution in [2.45, 2.75) is 38.0 Å². The third-order valence-electron chi connectivity index (χ3n) is 3.79. The molecule has 0 amide bonds. The molecule has 1 nitrogen and oxygen atoms in total. The molecule has 0 bridgehead atoms. The van der Waals surface area contributed by atoms with E-state index in [-0.39, 0.29) is 12.4 Å². The highest BCUT2D eigenvalue weighted by Gasteiger charge is 2.23. The zero-order valence-corrected chi connectivity index (χ0v) is 10.6. The van der Waals surface area contributed by atoms with Gasteiger partial charge >= 0.3 is 0 Å². The van der Waals surface area contributed by atoms with Crippen LogP contribution in [0.1, 0.15) is 43.6 Å². The van der Waals surface area contributed by atoms with E-state index in [1.54, 1.807) is 0 Å². The zero-order chi connectivity index (χ0) is 12.3. The van der Waals surface area contributed by atoms with Crippen molar-refractivity contribution in [3.8, 4) is 0 Å². The Bertz CT molecular complexity index is 372. The molecule has 0 atom stereocenters. The lowest BCUT2D eigenvalue weighted by molar-refractivity contribution is 0.222. The Hall–Kier alpha value is -0.600. The number of hydrogen-bond acceptors (Lipinski definition) is 1. The van der Waals surface area contributed by atoms with Crippen LogP contribution in [0.15, 0.2) is 18.2 Å². The summed E-state index contributed by atoms with van der Waals surface area (Å²) in [5.74, 6) is 0.834. The molecule has 1 fully saturated rings. The van der Waals surface area contributed by atoms with Gasteiger partial charge in [-0.15, -0.1) is 0 Å². The molecule has 17 heavy (non-hydrogen) atoms. The first-order chi connectivity index (χ1) is 8.20. The van der Waals surface area contributed by atoms with Gasteiger partial charge in [0, 0.05) is 11.6 Å². The van der Waals surface area contributed by atoms with Crippen molar-refractivity contribution < 1.29 is 9.50 Å². The van der Waals surface area contributed by atoms with Gasteiger partial charge in [0.05, 0.1) is 0 Å². The van der Waals surface area contributed by atoms with E-state index in [4.69, 9.17) is 16.7 Å². The summed E-state index contributed by atoms with van der Waals surface area (Å²) >= 11 is 6.08. The van der Waals surface area contributed by atoms with E-state index in [0.717, 1.165) is 37.7 Å². The van der Waals surface area contributed by atoms with Crippen molar-refractivity contribution in [2.24, 2.45) is 5.92 Å². The second-order valence-electron chi connectivity index (χ2n) is 4.90. The highest BCUT2D eigenvalue weighted by atomic mass is 35.5. The number of rotatable bonds is 3. The molecule has 0 saturated heterocycles. The fraction of sp³-hybridized carbons (Fsp3) is 0.571. The Morgan fingerprint density at radius 2 is 1.94 bits per heavy atom. The lowest BCUT2D eigenvalue weighted by Crippen LogP contribution is -2.14. The van der Waals surface area contributed by atoms with Gasteiger partial charge < -0.3 is 5.11 Å². The van der Waals surface area contributed by atoms with E-state index in [0.29, 0.717) is 16.9 Å². The Kier molecular flexibility index (Phi) is 4.41. The Morgan fingerprint density at radius 1 is 1.24 bits per heavy atom. The number of aliphatic hydroxyl groups excluding tert-OH is 1. The van der Waals surface area contributed by atoms with Crippen LogP contribution in [0.2, 0.25) is 5.02 Å². The van der Waals surface area contributed by atoms with Gasteiger partial charge in [-0.2, -0.15) is 0 Å². The summed E-state index contributed by atoms with van der Waals surface area (Å²) in [5.41, 5.74) is 1.08. The molecule has 1 saturated carbocycles. The second kappa shape index (κ2) is 5.83. The van der Waals surface area contributed by atoms with Crippen molar-refractivity contribution in [1.82, 2.24) is 0 Å². The van der Waals surface area contributed by atoms with Crippen molar-refractivity contribution in [3.63, 3.8) is 0 Å². The Morgan fingerprint density at radius 3 is 2.53 bits per heavy atom. The van der Waals surface area contributed by atoms with Gasteiger partial charge in [-0.1, -0.05) is 17.7 Å². The minimum atomic E-state index is -0.271. The number of hydrogen-bond donors (Lipinski definition) is 1. The molecule has 0 radical (unpaired) electrons. The van der Waals surface area contributed by atoms with Gasteiger partial charge in [0.1, 0.15) is 5.82 Å². The van der Waals surface area contributed by atoms with Gasteiger partial charge in [0.25, 0.3) is 0 Å². The van der Waals surface area contributed by atoms with E-state index >= 15 is 0 Å². The zero-order valence-electron chi connectivity index (χ0n) is 9.83. The molecular formula is C14H18ClFO. The summed E-state index contributed by atoms with van der Waals surface area (Å²) < 4.78 is 13.0. The SMILES string of the molecule is OCC[C@H]1CC[C@H](c2ccc(F)cc2Cl)CC1. The van der Waals surface area contributed by atoms with Crippen LogP contribution in [0.4, 0.5) is 4.39 Å². The van der Waals surface area contributed by atoms with Crippen molar-refractivity contribution in [2.75, 3.05) is 6.61 Å². The minimum absolute atomic E-state index is 0.271. The Labute approximate surface area is 107 Å². The van der Waals surface area contributed by atoms with E-state index < -0.39 is 0 Å². The molecule has 0 unspecified atom stereocenters. The maximum Gasteiger partial charge on any atom is 0.124 e. The van der Waals surface area contributed by atoms with Crippen molar-refractivity contribution in [3.05, 3.63) is 34.6 Å². The van der Waals surface area contributed by atoms with E-state index in [1.165, 1.54) is 12.1 Å². The van der Waals surface area contributed by atoms with E-state index in [2.05, 4.69) is 0 Å².